The van der Waals surface area contributed by atoms with E-state index in [9.17, 15) is 13.2 Å². The van der Waals surface area contributed by atoms with Gasteiger partial charge in [0.2, 0.25) is 10.0 Å². The average Bonchev–Trinajstić information content (AvgIpc) is 2.34. The highest BCUT2D eigenvalue weighted by Crippen LogP contribution is 2.13. The summed E-state index contributed by atoms with van der Waals surface area (Å²) in [5.41, 5.74) is 0. The number of piperidine rings is 1. The summed E-state index contributed by atoms with van der Waals surface area (Å²) < 4.78 is 24.6. The van der Waals surface area contributed by atoms with Crippen LogP contribution in [-0.4, -0.2) is 62.1 Å². The zero-order chi connectivity index (χ0) is 15.3. The summed E-state index contributed by atoms with van der Waals surface area (Å²) in [7, 11) is -3.17. The minimum Gasteiger partial charge on any atom is -0.334 e. The summed E-state index contributed by atoms with van der Waals surface area (Å²) in [6, 6.07) is -0.186. The average molecular weight is 305 g/mol. The Balaban J connectivity index is 2.56. The summed E-state index contributed by atoms with van der Waals surface area (Å²) in [6.45, 7) is 8.39. The molecule has 1 aliphatic rings. The van der Waals surface area contributed by atoms with Crippen molar-refractivity contribution < 1.29 is 13.2 Å². The predicted octanol–water partition coefficient (Wildman–Crippen LogP) is 1.10. The molecule has 0 bridgehead atoms. The van der Waals surface area contributed by atoms with Crippen LogP contribution in [0.5, 0.6) is 0 Å². The van der Waals surface area contributed by atoms with Gasteiger partial charge in [-0.1, -0.05) is 13.8 Å². The minimum absolute atomic E-state index is 0.0906. The molecule has 1 N–H and O–H groups in total. The van der Waals surface area contributed by atoms with Crippen molar-refractivity contribution in [1.82, 2.24) is 14.5 Å². The second-order valence-corrected chi connectivity index (χ2v) is 7.82. The van der Waals surface area contributed by atoms with E-state index >= 15 is 0 Å². The van der Waals surface area contributed by atoms with Crippen LogP contribution in [-0.2, 0) is 10.0 Å². The molecule has 0 aromatic heterocycles. The molecule has 20 heavy (non-hydrogen) atoms. The van der Waals surface area contributed by atoms with Gasteiger partial charge in [-0.2, -0.15) is 0 Å². The fourth-order valence-electron chi connectivity index (χ4n) is 2.42. The molecule has 1 unspecified atom stereocenters. The van der Waals surface area contributed by atoms with Gasteiger partial charge in [-0.25, -0.2) is 17.5 Å². The van der Waals surface area contributed by atoms with E-state index in [2.05, 4.69) is 19.2 Å². The van der Waals surface area contributed by atoms with Crippen molar-refractivity contribution in [2.75, 3.05) is 32.4 Å². The molecule has 0 aromatic rings. The standard InChI is InChI=1S/C13H27N3O3S/c1-5-15(9-11(2)3)13(17)14-12-7-6-8-16(10-12)20(4,18)19/h11-12H,5-10H2,1-4H3,(H,14,17). The summed E-state index contributed by atoms with van der Waals surface area (Å²) in [4.78, 5) is 13.9. The van der Waals surface area contributed by atoms with E-state index in [-0.39, 0.29) is 12.1 Å². The van der Waals surface area contributed by atoms with E-state index < -0.39 is 10.0 Å². The van der Waals surface area contributed by atoms with Crippen LogP contribution in [0.1, 0.15) is 33.6 Å². The fraction of sp³-hybridized carbons (Fsp3) is 0.923. The maximum absolute atomic E-state index is 12.2. The van der Waals surface area contributed by atoms with Crippen LogP contribution >= 0.6 is 0 Å². The Bertz CT molecular complexity index is 423. The number of sulfonamides is 1. The molecule has 1 rings (SSSR count). The summed E-state index contributed by atoms with van der Waals surface area (Å²) in [5, 5.41) is 2.96. The molecular weight excluding hydrogens is 278 g/mol. The van der Waals surface area contributed by atoms with Crippen LogP contribution in [0.15, 0.2) is 0 Å². The molecule has 1 heterocycles. The van der Waals surface area contributed by atoms with Gasteiger partial charge in [0.25, 0.3) is 0 Å². The first-order valence-corrected chi connectivity index (χ1v) is 9.09. The molecule has 7 heteroatoms. The third-order valence-electron chi connectivity index (χ3n) is 3.44. The quantitative estimate of drug-likeness (QED) is 0.827. The SMILES string of the molecule is CCN(CC(C)C)C(=O)NC1CCCN(S(C)(=O)=O)C1. The van der Waals surface area contributed by atoms with E-state index in [1.165, 1.54) is 10.6 Å². The van der Waals surface area contributed by atoms with Gasteiger partial charge in [0.05, 0.1) is 6.26 Å². The largest absolute Gasteiger partial charge is 0.334 e. The molecule has 0 aromatic carbocycles. The Kier molecular flexibility index (Phi) is 6.26. The molecule has 0 saturated carbocycles. The maximum atomic E-state index is 12.2. The Morgan fingerprint density at radius 1 is 1.45 bits per heavy atom. The van der Waals surface area contributed by atoms with E-state index in [0.29, 0.717) is 32.1 Å². The Labute approximate surface area is 122 Å². The second kappa shape index (κ2) is 7.26. The molecule has 1 saturated heterocycles. The normalized spacial score (nSPS) is 20.9. The Hall–Kier alpha value is -0.820. The van der Waals surface area contributed by atoms with Crippen LogP contribution in [0.3, 0.4) is 0 Å². The van der Waals surface area contributed by atoms with Crippen molar-refractivity contribution >= 4 is 16.1 Å². The monoisotopic (exact) mass is 305 g/mol. The molecule has 1 fully saturated rings. The van der Waals surface area contributed by atoms with Crippen LogP contribution < -0.4 is 5.32 Å². The zero-order valence-electron chi connectivity index (χ0n) is 12.9. The van der Waals surface area contributed by atoms with Crippen molar-refractivity contribution in [3.63, 3.8) is 0 Å². The van der Waals surface area contributed by atoms with E-state index in [0.717, 1.165) is 12.8 Å². The minimum atomic E-state index is -3.17. The molecule has 0 aliphatic carbocycles. The first kappa shape index (κ1) is 17.2. The van der Waals surface area contributed by atoms with Gasteiger partial charge in [-0.3, -0.25) is 0 Å². The second-order valence-electron chi connectivity index (χ2n) is 5.84. The number of nitrogens with zero attached hydrogens (tertiary/aromatic N) is 2. The highest BCUT2D eigenvalue weighted by Gasteiger charge is 2.27. The molecule has 0 radical (unpaired) electrons. The number of hydrogen-bond donors (Lipinski definition) is 1. The Morgan fingerprint density at radius 3 is 2.60 bits per heavy atom. The summed E-state index contributed by atoms with van der Waals surface area (Å²) >= 11 is 0. The van der Waals surface area contributed by atoms with E-state index in [1.54, 1.807) is 4.90 Å². The van der Waals surface area contributed by atoms with Gasteiger partial charge in [-0.05, 0) is 25.7 Å². The lowest BCUT2D eigenvalue weighted by Crippen LogP contribution is -2.53. The third-order valence-corrected chi connectivity index (χ3v) is 4.70. The lowest BCUT2D eigenvalue weighted by molar-refractivity contribution is 0.182. The molecule has 118 valence electrons. The highest BCUT2D eigenvalue weighted by molar-refractivity contribution is 7.88. The highest BCUT2D eigenvalue weighted by atomic mass is 32.2. The van der Waals surface area contributed by atoms with E-state index in [1.807, 2.05) is 6.92 Å². The number of nitrogens with one attached hydrogen (secondary N) is 1. The van der Waals surface area contributed by atoms with Crippen LogP contribution in [0, 0.1) is 5.92 Å². The number of carbonyl (C=O) groups excluding carboxylic acids is 1. The van der Waals surface area contributed by atoms with E-state index in [4.69, 9.17) is 0 Å². The van der Waals surface area contributed by atoms with Crippen molar-refractivity contribution in [1.29, 1.82) is 0 Å². The van der Waals surface area contributed by atoms with Gasteiger partial charge in [0, 0.05) is 32.2 Å². The maximum Gasteiger partial charge on any atom is 0.317 e. The molecule has 1 aliphatic heterocycles. The van der Waals surface area contributed by atoms with Gasteiger partial charge in [0.15, 0.2) is 0 Å². The van der Waals surface area contributed by atoms with Gasteiger partial charge in [-0.15, -0.1) is 0 Å². The number of urea groups is 1. The van der Waals surface area contributed by atoms with Crippen molar-refractivity contribution in [2.45, 2.75) is 39.7 Å². The van der Waals surface area contributed by atoms with Gasteiger partial charge in [0.1, 0.15) is 0 Å². The first-order chi connectivity index (χ1) is 9.24. The molecule has 6 nitrogen and oxygen atoms in total. The van der Waals surface area contributed by atoms with Crippen LogP contribution in [0.25, 0.3) is 0 Å². The fourth-order valence-corrected chi connectivity index (χ4v) is 3.34. The van der Waals surface area contributed by atoms with Crippen molar-refractivity contribution in [3.05, 3.63) is 0 Å². The smallest absolute Gasteiger partial charge is 0.317 e. The molecule has 2 amide bonds. The van der Waals surface area contributed by atoms with Crippen molar-refractivity contribution in [2.24, 2.45) is 5.92 Å². The summed E-state index contributed by atoms with van der Waals surface area (Å²) in [6.07, 6.45) is 2.83. The number of hydrogen-bond acceptors (Lipinski definition) is 3. The van der Waals surface area contributed by atoms with Gasteiger partial charge < -0.3 is 10.2 Å². The predicted molar refractivity (Wildman–Crippen MR) is 80.1 cm³/mol. The Morgan fingerprint density at radius 2 is 2.10 bits per heavy atom. The topological polar surface area (TPSA) is 69.7 Å². The van der Waals surface area contributed by atoms with Gasteiger partial charge >= 0.3 is 6.03 Å². The number of rotatable bonds is 5. The van der Waals surface area contributed by atoms with Crippen molar-refractivity contribution in [3.8, 4) is 0 Å². The van der Waals surface area contributed by atoms with Crippen LogP contribution in [0.4, 0.5) is 4.79 Å². The lowest BCUT2D eigenvalue weighted by Gasteiger charge is -2.33. The van der Waals surface area contributed by atoms with Crippen LogP contribution in [0.2, 0.25) is 0 Å². The number of carbonyl (C=O) groups is 1. The first-order valence-electron chi connectivity index (χ1n) is 7.24. The molecule has 1 atom stereocenters. The summed E-state index contributed by atoms with van der Waals surface area (Å²) in [5.74, 6) is 0.416. The lowest BCUT2D eigenvalue weighted by atomic mass is 10.1. The molecule has 0 spiro atoms. The molecular formula is C13H27N3O3S. The third kappa shape index (κ3) is 5.28. The zero-order valence-corrected chi connectivity index (χ0v) is 13.7. The number of amides is 2.